The number of likely N-dealkylation sites (tertiary alicyclic amines) is 1. The van der Waals surface area contributed by atoms with Crippen molar-refractivity contribution in [2.24, 2.45) is 4.99 Å². The molecule has 1 aromatic rings. The average molecular weight is 385 g/mol. The number of benzene rings is 1. The molecule has 5 nitrogen and oxygen atoms in total. The zero-order valence-electron chi connectivity index (χ0n) is 14.7. The Bertz CT molecular complexity index is 586. The van der Waals surface area contributed by atoms with Gasteiger partial charge in [-0.3, -0.25) is 9.79 Å². The molecule has 1 saturated heterocycles. The Hall–Kier alpha value is -1.46. The van der Waals surface area contributed by atoms with Crippen molar-refractivity contribution in [1.82, 2.24) is 15.5 Å². The van der Waals surface area contributed by atoms with E-state index in [1.54, 1.807) is 0 Å². The van der Waals surface area contributed by atoms with Crippen LogP contribution in [0.3, 0.4) is 0 Å². The molecule has 7 heteroatoms. The van der Waals surface area contributed by atoms with Gasteiger partial charge in [0.25, 0.3) is 0 Å². The fraction of sp³-hybridized carbons (Fsp3) is 0.556. The number of carbonyl (C=O) groups excluding carboxylic acids is 1. The smallest absolute Gasteiger partial charge is 0.222 e. The van der Waals surface area contributed by atoms with Crippen LogP contribution in [0, 0.1) is 0 Å². The molecule has 0 bridgehead atoms. The first-order chi connectivity index (χ1) is 12.1. The van der Waals surface area contributed by atoms with Crippen molar-refractivity contribution in [2.45, 2.75) is 32.6 Å². The lowest BCUT2D eigenvalue weighted by Crippen LogP contribution is -2.38. The molecule has 0 saturated carbocycles. The normalized spacial score (nSPS) is 14.9. The Balaban J connectivity index is 1.76. The zero-order valence-corrected chi connectivity index (χ0v) is 16.2. The molecule has 2 N–H and O–H groups in total. The fourth-order valence-electron chi connectivity index (χ4n) is 2.81. The largest absolute Gasteiger partial charge is 0.357 e. The van der Waals surface area contributed by atoms with Crippen LogP contribution in [0.25, 0.3) is 0 Å². The summed E-state index contributed by atoms with van der Waals surface area (Å²) in [5, 5.41) is 7.90. The molecule has 1 amide bonds. The molecule has 0 aromatic heterocycles. The minimum Gasteiger partial charge on any atom is -0.357 e. The van der Waals surface area contributed by atoms with Crippen LogP contribution < -0.4 is 10.6 Å². The molecule has 1 heterocycles. The number of guanidine groups is 1. The van der Waals surface area contributed by atoms with Gasteiger partial charge in [-0.1, -0.05) is 29.3 Å². The Kier molecular flexibility index (Phi) is 8.35. The van der Waals surface area contributed by atoms with E-state index in [1.165, 1.54) is 0 Å². The Labute approximate surface area is 159 Å². The summed E-state index contributed by atoms with van der Waals surface area (Å²) in [6.45, 7) is 5.89. The number of nitrogens with zero attached hydrogens (tertiary/aromatic N) is 2. The van der Waals surface area contributed by atoms with Crippen molar-refractivity contribution in [3.05, 3.63) is 33.8 Å². The highest BCUT2D eigenvalue weighted by Crippen LogP contribution is 2.24. The molecule has 1 aliphatic heterocycles. The summed E-state index contributed by atoms with van der Waals surface area (Å²) in [4.78, 5) is 18.1. The van der Waals surface area contributed by atoms with Crippen molar-refractivity contribution in [3.63, 3.8) is 0 Å². The van der Waals surface area contributed by atoms with Gasteiger partial charge in [0.05, 0.1) is 0 Å². The van der Waals surface area contributed by atoms with Gasteiger partial charge in [0.1, 0.15) is 0 Å². The lowest BCUT2D eigenvalue weighted by atomic mass is 10.1. The highest BCUT2D eigenvalue weighted by molar-refractivity contribution is 6.35. The van der Waals surface area contributed by atoms with Crippen molar-refractivity contribution < 1.29 is 4.79 Å². The SMILES string of the molecule is CCNC(=NCCCN1CCCC1=O)NCCc1c(Cl)cccc1Cl. The van der Waals surface area contributed by atoms with E-state index in [4.69, 9.17) is 23.2 Å². The number of rotatable bonds is 8. The Morgan fingerprint density at radius 3 is 2.68 bits per heavy atom. The van der Waals surface area contributed by atoms with Crippen molar-refractivity contribution in [1.29, 1.82) is 0 Å². The monoisotopic (exact) mass is 384 g/mol. The van der Waals surface area contributed by atoms with Gasteiger partial charge in [-0.25, -0.2) is 0 Å². The summed E-state index contributed by atoms with van der Waals surface area (Å²) in [6, 6.07) is 5.54. The van der Waals surface area contributed by atoms with Gasteiger partial charge in [0.15, 0.2) is 5.96 Å². The molecular formula is C18H26Cl2N4O. The van der Waals surface area contributed by atoms with Gasteiger partial charge < -0.3 is 15.5 Å². The van der Waals surface area contributed by atoms with E-state index in [1.807, 2.05) is 30.0 Å². The van der Waals surface area contributed by atoms with Crippen LogP contribution in [0.4, 0.5) is 0 Å². The Morgan fingerprint density at radius 1 is 1.28 bits per heavy atom. The minimum absolute atomic E-state index is 0.269. The van der Waals surface area contributed by atoms with E-state index in [0.717, 1.165) is 50.4 Å². The predicted molar refractivity (Wildman–Crippen MR) is 105 cm³/mol. The fourth-order valence-corrected chi connectivity index (χ4v) is 3.40. The van der Waals surface area contributed by atoms with Gasteiger partial charge in [-0.2, -0.15) is 0 Å². The van der Waals surface area contributed by atoms with Crippen LogP contribution in [0.15, 0.2) is 23.2 Å². The topological polar surface area (TPSA) is 56.7 Å². The van der Waals surface area contributed by atoms with Crippen LogP contribution in [-0.2, 0) is 11.2 Å². The van der Waals surface area contributed by atoms with Crippen molar-refractivity contribution in [3.8, 4) is 0 Å². The number of halogens is 2. The van der Waals surface area contributed by atoms with E-state index >= 15 is 0 Å². The lowest BCUT2D eigenvalue weighted by Gasteiger charge is -2.15. The maximum absolute atomic E-state index is 11.6. The summed E-state index contributed by atoms with van der Waals surface area (Å²) in [6.07, 6.45) is 3.28. The molecule has 1 aliphatic rings. The summed E-state index contributed by atoms with van der Waals surface area (Å²) in [7, 11) is 0. The quantitative estimate of drug-likeness (QED) is 0.411. The second-order valence-corrected chi connectivity index (χ2v) is 6.79. The van der Waals surface area contributed by atoms with E-state index in [2.05, 4.69) is 15.6 Å². The molecular weight excluding hydrogens is 359 g/mol. The molecule has 25 heavy (non-hydrogen) atoms. The summed E-state index contributed by atoms with van der Waals surface area (Å²) >= 11 is 12.4. The maximum atomic E-state index is 11.6. The zero-order chi connectivity index (χ0) is 18.1. The molecule has 2 rings (SSSR count). The van der Waals surface area contributed by atoms with Crippen molar-refractivity contribution in [2.75, 3.05) is 32.7 Å². The predicted octanol–water partition coefficient (Wildman–Crippen LogP) is 3.10. The van der Waals surface area contributed by atoms with Crippen molar-refractivity contribution >= 4 is 35.1 Å². The first-order valence-corrected chi connectivity index (χ1v) is 9.60. The number of hydrogen-bond donors (Lipinski definition) is 2. The average Bonchev–Trinajstić information content (AvgIpc) is 2.99. The molecule has 0 atom stereocenters. The van der Waals surface area contributed by atoms with Crippen LogP contribution in [0.2, 0.25) is 10.0 Å². The van der Waals surface area contributed by atoms with E-state index in [9.17, 15) is 4.79 Å². The van der Waals surface area contributed by atoms with E-state index in [-0.39, 0.29) is 5.91 Å². The lowest BCUT2D eigenvalue weighted by molar-refractivity contribution is -0.127. The van der Waals surface area contributed by atoms with Gasteiger partial charge in [-0.15, -0.1) is 0 Å². The van der Waals surface area contributed by atoms with Crippen LogP contribution in [0.1, 0.15) is 31.7 Å². The highest BCUT2D eigenvalue weighted by atomic mass is 35.5. The van der Waals surface area contributed by atoms with Gasteiger partial charge in [-0.05, 0) is 43.9 Å². The number of carbonyl (C=O) groups is 1. The number of hydrogen-bond acceptors (Lipinski definition) is 2. The van der Waals surface area contributed by atoms with Gasteiger partial charge in [0.2, 0.25) is 5.91 Å². The third kappa shape index (κ3) is 6.40. The molecule has 0 aliphatic carbocycles. The van der Waals surface area contributed by atoms with Crippen LogP contribution >= 0.6 is 23.2 Å². The maximum Gasteiger partial charge on any atom is 0.222 e. The summed E-state index contributed by atoms with van der Waals surface area (Å²) < 4.78 is 0. The second kappa shape index (κ2) is 10.5. The number of aliphatic imine (C=N–C) groups is 1. The molecule has 1 fully saturated rings. The van der Waals surface area contributed by atoms with Crippen LogP contribution in [0.5, 0.6) is 0 Å². The second-order valence-electron chi connectivity index (χ2n) is 5.98. The molecule has 0 radical (unpaired) electrons. The molecule has 1 aromatic carbocycles. The molecule has 0 unspecified atom stereocenters. The molecule has 138 valence electrons. The van der Waals surface area contributed by atoms with E-state index < -0.39 is 0 Å². The molecule has 0 spiro atoms. The minimum atomic E-state index is 0.269. The Morgan fingerprint density at radius 2 is 2.04 bits per heavy atom. The number of nitrogens with one attached hydrogen (secondary N) is 2. The summed E-state index contributed by atoms with van der Waals surface area (Å²) in [5.41, 5.74) is 0.946. The summed E-state index contributed by atoms with van der Waals surface area (Å²) in [5.74, 6) is 1.05. The third-order valence-corrected chi connectivity index (χ3v) is 4.81. The standard InChI is InChI=1S/C18H26Cl2N4O/c1-2-21-18(22-10-5-13-24-12-4-8-17(24)25)23-11-9-14-15(19)6-3-7-16(14)20/h3,6-7H,2,4-5,8-13H2,1H3,(H2,21,22,23). The third-order valence-electron chi connectivity index (χ3n) is 4.10. The first-order valence-electron chi connectivity index (χ1n) is 8.84. The number of amides is 1. The highest BCUT2D eigenvalue weighted by Gasteiger charge is 2.18. The van der Waals surface area contributed by atoms with Gasteiger partial charge in [0, 0.05) is 49.2 Å². The van der Waals surface area contributed by atoms with E-state index in [0.29, 0.717) is 29.6 Å². The van der Waals surface area contributed by atoms with Gasteiger partial charge >= 0.3 is 0 Å². The van der Waals surface area contributed by atoms with Crippen LogP contribution in [-0.4, -0.2) is 49.5 Å². The first kappa shape index (κ1) is 19.9.